The van der Waals surface area contributed by atoms with Crippen molar-refractivity contribution in [1.29, 1.82) is 0 Å². The SMILES string of the molecule is COCc1cccc(C(=O)OCC(=O)c2ccc(F)cc2)c1. The summed E-state index contributed by atoms with van der Waals surface area (Å²) in [6.07, 6.45) is 0. The highest BCUT2D eigenvalue weighted by atomic mass is 19.1. The summed E-state index contributed by atoms with van der Waals surface area (Å²) in [7, 11) is 1.56. The minimum atomic E-state index is -0.589. The van der Waals surface area contributed by atoms with E-state index in [0.717, 1.165) is 5.56 Å². The number of ketones is 1. The topological polar surface area (TPSA) is 52.6 Å². The quantitative estimate of drug-likeness (QED) is 0.608. The molecule has 5 heteroatoms. The van der Waals surface area contributed by atoms with Crippen LogP contribution in [0.5, 0.6) is 0 Å². The largest absolute Gasteiger partial charge is 0.454 e. The minimum absolute atomic E-state index is 0.294. The Balaban J connectivity index is 1.96. The molecule has 0 aliphatic carbocycles. The van der Waals surface area contributed by atoms with E-state index in [1.165, 1.54) is 24.3 Å². The summed E-state index contributed by atoms with van der Waals surface area (Å²) in [6.45, 7) is -0.00536. The van der Waals surface area contributed by atoms with Crippen LogP contribution in [0.1, 0.15) is 26.3 Å². The first-order chi connectivity index (χ1) is 10.6. The van der Waals surface area contributed by atoms with E-state index in [2.05, 4.69) is 0 Å². The second-order valence-electron chi connectivity index (χ2n) is 4.64. The van der Waals surface area contributed by atoms with E-state index in [0.29, 0.717) is 17.7 Å². The van der Waals surface area contributed by atoms with Gasteiger partial charge < -0.3 is 9.47 Å². The number of halogens is 1. The van der Waals surface area contributed by atoms with Crippen LogP contribution in [-0.2, 0) is 16.1 Å². The fourth-order valence-electron chi connectivity index (χ4n) is 1.89. The standard InChI is InChI=1S/C17H15FO4/c1-21-10-12-3-2-4-14(9-12)17(20)22-11-16(19)13-5-7-15(18)8-6-13/h2-9H,10-11H2,1H3. The molecule has 0 saturated carbocycles. The molecule has 0 bridgehead atoms. The molecule has 0 heterocycles. The highest BCUT2D eigenvalue weighted by molar-refractivity contribution is 5.99. The second kappa shape index (κ2) is 7.47. The fourth-order valence-corrected chi connectivity index (χ4v) is 1.89. The van der Waals surface area contributed by atoms with Crippen molar-refractivity contribution in [3.63, 3.8) is 0 Å². The normalized spacial score (nSPS) is 10.3. The van der Waals surface area contributed by atoms with E-state index in [9.17, 15) is 14.0 Å². The summed E-state index contributed by atoms with van der Waals surface area (Å²) in [5.41, 5.74) is 1.48. The van der Waals surface area contributed by atoms with Crippen LogP contribution in [0.2, 0.25) is 0 Å². The van der Waals surface area contributed by atoms with E-state index >= 15 is 0 Å². The Morgan fingerprint density at radius 3 is 2.45 bits per heavy atom. The Labute approximate surface area is 127 Å². The minimum Gasteiger partial charge on any atom is -0.454 e. The van der Waals surface area contributed by atoms with Crippen LogP contribution in [0.15, 0.2) is 48.5 Å². The van der Waals surface area contributed by atoms with Crippen LogP contribution in [0.3, 0.4) is 0 Å². The molecule has 0 aliphatic rings. The Kier molecular flexibility index (Phi) is 5.38. The van der Waals surface area contributed by atoms with Gasteiger partial charge in [0.2, 0.25) is 0 Å². The lowest BCUT2D eigenvalue weighted by atomic mass is 10.1. The molecule has 22 heavy (non-hydrogen) atoms. The highest BCUT2D eigenvalue weighted by Gasteiger charge is 2.12. The predicted molar refractivity (Wildman–Crippen MR) is 78.2 cm³/mol. The number of carbonyl (C=O) groups excluding carboxylic acids is 2. The maximum absolute atomic E-state index is 12.8. The van der Waals surface area contributed by atoms with Gasteiger partial charge >= 0.3 is 5.97 Å². The first-order valence-corrected chi connectivity index (χ1v) is 6.64. The molecule has 0 aromatic heterocycles. The maximum atomic E-state index is 12.8. The van der Waals surface area contributed by atoms with Crippen LogP contribution in [0.4, 0.5) is 4.39 Å². The van der Waals surface area contributed by atoms with E-state index in [4.69, 9.17) is 9.47 Å². The summed E-state index contributed by atoms with van der Waals surface area (Å²) in [4.78, 5) is 23.8. The number of rotatable bonds is 6. The zero-order chi connectivity index (χ0) is 15.9. The van der Waals surface area contributed by atoms with E-state index in [1.54, 1.807) is 25.3 Å². The van der Waals surface area contributed by atoms with E-state index in [1.807, 2.05) is 6.07 Å². The average molecular weight is 302 g/mol. The van der Waals surface area contributed by atoms with Crippen LogP contribution >= 0.6 is 0 Å². The molecule has 114 valence electrons. The summed E-state index contributed by atoms with van der Waals surface area (Å²) < 4.78 is 22.8. The number of Topliss-reactive ketones (excluding diaryl/α,β-unsaturated/α-hetero) is 1. The lowest BCUT2D eigenvalue weighted by Crippen LogP contribution is -2.14. The Morgan fingerprint density at radius 2 is 1.77 bits per heavy atom. The molecule has 0 radical (unpaired) electrons. The smallest absolute Gasteiger partial charge is 0.338 e. The number of methoxy groups -OCH3 is 1. The van der Waals surface area contributed by atoms with Gasteiger partial charge in [-0.05, 0) is 42.0 Å². The molecule has 4 nitrogen and oxygen atoms in total. The van der Waals surface area contributed by atoms with Crippen LogP contribution in [0, 0.1) is 5.82 Å². The molecular formula is C17H15FO4. The molecule has 2 aromatic carbocycles. The Morgan fingerprint density at radius 1 is 1.05 bits per heavy atom. The third-order valence-corrected chi connectivity index (χ3v) is 2.97. The van der Waals surface area contributed by atoms with Crippen molar-refractivity contribution in [2.24, 2.45) is 0 Å². The number of ether oxygens (including phenoxy) is 2. The number of hydrogen-bond acceptors (Lipinski definition) is 4. The number of carbonyl (C=O) groups is 2. The van der Waals surface area contributed by atoms with Gasteiger partial charge in [0.25, 0.3) is 0 Å². The molecule has 2 aromatic rings. The molecule has 0 unspecified atom stereocenters. The van der Waals surface area contributed by atoms with Gasteiger partial charge in [-0.3, -0.25) is 4.79 Å². The Hall–Kier alpha value is -2.53. The van der Waals surface area contributed by atoms with Crippen molar-refractivity contribution >= 4 is 11.8 Å². The maximum Gasteiger partial charge on any atom is 0.338 e. The third-order valence-electron chi connectivity index (χ3n) is 2.97. The molecule has 0 N–H and O–H groups in total. The van der Waals surface area contributed by atoms with Crippen molar-refractivity contribution in [3.8, 4) is 0 Å². The highest BCUT2D eigenvalue weighted by Crippen LogP contribution is 2.09. The van der Waals surface area contributed by atoms with Crippen molar-refractivity contribution in [3.05, 3.63) is 71.0 Å². The van der Waals surface area contributed by atoms with Crippen LogP contribution in [-0.4, -0.2) is 25.5 Å². The summed E-state index contributed by atoms with van der Waals surface area (Å²) >= 11 is 0. The molecule has 0 aliphatic heterocycles. The molecule has 0 atom stereocenters. The first kappa shape index (κ1) is 15.9. The predicted octanol–water partition coefficient (Wildman–Crippen LogP) is 3.01. The average Bonchev–Trinajstić information content (AvgIpc) is 2.53. The first-order valence-electron chi connectivity index (χ1n) is 6.64. The summed E-state index contributed by atoms with van der Waals surface area (Å²) in [5.74, 6) is -1.40. The number of hydrogen-bond donors (Lipinski definition) is 0. The molecule has 0 saturated heterocycles. The van der Waals surface area contributed by atoms with Crippen LogP contribution < -0.4 is 0 Å². The molecule has 0 spiro atoms. The van der Waals surface area contributed by atoms with Crippen molar-refractivity contribution in [1.82, 2.24) is 0 Å². The lowest BCUT2D eigenvalue weighted by molar-refractivity contribution is 0.0474. The zero-order valence-corrected chi connectivity index (χ0v) is 12.0. The molecule has 0 amide bonds. The van der Waals surface area contributed by atoms with E-state index < -0.39 is 11.8 Å². The van der Waals surface area contributed by atoms with Gasteiger partial charge in [-0.1, -0.05) is 12.1 Å². The van der Waals surface area contributed by atoms with Crippen molar-refractivity contribution in [2.45, 2.75) is 6.61 Å². The van der Waals surface area contributed by atoms with Gasteiger partial charge in [0.15, 0.2) is 12.4 Å². The van der Waals surface area contributed by atoms with Gasteiger partial charge in [-0.15, -0.1) is 0 Å². The molecular weight excluding hydrogens is 287 g/mol. The van der Waals surface area contributed by atoms with Gasteiger partial charge in [0, 0.05) is 12.7 Å². The molecule has 0 fully saturated rings. The Bertz CT molecular complexity index is 665. The van der Waals surface area contributed by atoms with Crippen LogP contribution in [0.25, 0.3) is 0 Å². The second-order valence-corrected chi connectivity index (χ2v) is 4.64. The fraction of sp³-hybridized carbons (Fsp3) is 0.176. The monoisotopic (exact) mass is 302 g/mol. The van der Waals surface area contributed by atoms with Crippen molar-refractivity contribution in [2.75, 3.05) is 13.7 Å². The third kappa shape index (κ3) is 4.23. The molecule has 2 rings (SSSR count). The van der Waals surface area contributed by atoms with Gasteiger partial charge in [0.1, 0.15) is 5.82 Å². The summed E-state index contributed by atoms with van der Waals surface area (Å²) in [5, 5.41) is 0. The van der Waals surface area contributed by atoms with Gasteiger partial charge in [-0.25, -0.2) is 9.18 Å². The lowest BCUT2D eigenvalue weighted by Gasteiger charge is -2.06. The van der Waals surface area contributed by atoms with Crippen molar-refractivity contribution < 1.29 is 23.5 Å². The number of esters is 1. The van der Waals surface area contributed by atoms with Gasteiger partial charge in [0.05, 0.1) is 12.2 Å². The number of benzene rings is 2. The zero-order valence-electron chi connectivity index (χ0n) is 12.0. The van der Waals surface area contributed by atoms with E-state index in [-0.39, 0.29) is 12.4 Å². The van der Waals surface area contributed by atoms with Gasteiger partial charge in [-0.2, -0.15) is 0 Å². The summed E-state index contributed by atoms with van der Waals surface area (Å²) in [6, 6.07) is 11.9.